The minimum Gasteiger partial charge on any atom is -0.0850 e. The summed E-state index contributed by atoms with van der Waals surface area (Å²) in [5.41, 5.74) is 6.11. The second kappa shape index (κ2) is 7.13. The Morgan fingerprint density at radius 1 is 1.14 bits per heavy atom. The molecule has 0 nitrogen and oxygen atoms in total. The molecular weight excluding hydrogens is 264 g/mol. The average Bonchev–Trinajstić information content (AvgIpc) is 2.49. The lowest BCUT2D eigenvalue weighted by atomic mass is 9.68. The maximum atomic E-state index is 2.49. The third-order valence-electron chi connectivity index (χ3n) is 5.11. The molecule has 0 heteroatoms. The topological polar surface area (TPSA) is 0 Å². The van der Waals surface area contributed by atoms with Gasteiger partial charge in [-0.05, 0) is 51.0 Å². The largest absolute Gasteiger partial charge is 0.0850 e. The normalized spacial score (nSPS) is 22.4. The van der Waals surface area contributed by atoms with Crippen molar-refractivity contribution in [3.05, 3.63) is 70.8 Å². The summed E-state index contributed by atoms with van der Waals surface area (Å²) in [6.07, 6.45) is 10.8. The summed E-state index contributed by atoms with van der Waals surface area (Å²) in [7, 11) is 0. The highest BCUT2D eigenvalue weighted by Gasteiger charge is 2.31. The van der Waals surface area contributed by atoms with Gasteiger partial charge in [0.25, 0.3) is 0 Å². The number of rotatable bonds is 4. The maximum absolute atomic E-state index is 2.49. The zero-order chi connectivity index (χ0) is 16.2. The van der Waals surface area contributed by atoms with Crippen LogP contribution in [0, 0.1) is 11.3 Å². The molecule has 1 aromatic rings. The average molecular weight is 294 g/mol. The Labute approximate surface area is 136 Å². The van der Waals surface area contributed by atoms with E-state index in [2.05, 4.69) is 83.2 Å². The molecule has 1 aliphatic rings. The number of allylic oxidation sites excluding steroid dienone is 6. The van der Waals surface area contributed by atoms with Crippen LogP contribution in [0.15, 0.2) is 65.3 Å². The maximum Gasteiger partial charge on any atom is 0.00311 e. The molecule has 0 bridgehead atoms. The zero-order valence-corrected chi connectivity index (χ0v) is 14.8. The lowest BCUT2D eigenvalue weighted by Gasteiger charge is -2.37. The first-order valence-electron chi connectivity index (χ1n) is 8.46. The van der Waals surface area contributed by atoms with Gasteiger partial charge in [-0.15, -0.1) is 0 Å². The van der Waals surface area contributed by atoms with Gasteiger partial charge in [-0.2, -0.15) is 0 Å². The van der Waals surface area contributed by atoms with E-state index in [1.165, 1.54) is 35.1 Å². The first-order valence-corrected chi connectivity index (χ1v) is 8.46. The molecule has 0 N–H and O–H groups in total. The first kappa shape index (κ1) is 16.8. The Morgan fingerprint density at radius 3 is 2.45 bits per heavy atom. The summed E-state index contributed by atoms with van der Waals surface area (Å²) < 4.78 is 0. The number of hydrogen-bond acceptors (Lipinski definition) is 0. The van der Waals surface area contributed by atoms with Crippen molar-refractivity contribution in [2.24, 2.45) is 11.3 Å². The van der Waals surface area contributed by atoms with Crippen LogP contribution >= 0.6 is 0 Å². The highest BCUT2D eigenvalue weighted by Crippen LogP contribution is 2.42. The van der Waals surface area contributed by atoms with Crippen molar-refractivity contribution in [2.45, 2.75) is 53.9 Å². The molecule has 1 aromatic carbocycles. The molecule has 0 aromatic heterocycles. The summed E-state index contributed by atoms with van der Waals surface area (Å²) in [6.45, 7) is 11.6. The molecule has 1 unspecified atom stereocenters. The van der Waals surface area contributed by atoms with Gasteiger partial charge in [0.2, 0.25) is 0 Å². The van der Waals surface area contributed by atoms with Gasteiger partial charge in [-0.25, -0.2) is 0 Å². The van der Waals surface area contributed by atoms with Gasteiger partial charge < -0.3 is 0 Å². The molecule has 0 amide bonds. The molecular formula is C22H30. The van der Waals surface area contributed by atoms with E-state index < -0.39 is 0 Å². The molecule has 0 aliphatic heterocycles. The summed E-state index contributed by atoms with van der Waals surface area (Å²) in [6, 6.07) is 10.7. The van der Waals surface area contributed by atoms with E-state index in [1.807, 2.05) is 0 Å². The molecule has 2 rings (SSSR count). The van der Waals surface area contributed by atoms with E-state index >= 15 is 0 Å². The molecule has 0 spiro atoms. The van der Waals surface area contributed by atoms with E-state index in [9.17, 15) is 0 Å². The fourth-order valence-corrected chi connectivity index (χ4v) is 3.36. The Hall–Kier alpha value is -1.56. The van der Waals surface area contributed by atoms with Gasteiger partial charge in [-0.1, -0.05) is 79.1 Å². The summed E-state index contributed by atoms with van der Waals surface area (Å²) in [5, 5.41) is 0. The van der Waals surface area contributed by atoms with E-state index in [0.29, 0.717) is 11.3 Å². The molecule has 118 valence electrons. The van der Waals surface area contributed by atoms with Gasteiger partial charge in [0.15, 0.2) is 0 Å². The van der Waals surface area contributed by atoms with Gasteiger partial charge >= 0.3 is 0 Å². The lowest BCUT2D eigenvalue weighted by Crippen LogP contribution is -2.26. The highest BCUT2D eigenvalue weighted by atomic mass is 14.4. The second-order valence-corrected chi connectivity index (χ2v) is 7.38. The zero-order valence-electron chi connectivity index (χ0n) is 14.8. The van der Waals surface area contributed by atoms with Crippen LogP contribution in [0.25, 0.3) is 0 Å². The van der Waals surface area contributed by atoms with Crippen LogP contribution in [0.5, 0.6) is 0 Å². The van der Waals surface area contributed by atoms with E-state index in [1.54, 1.807) is 0 Å². The second-order valence-electron chi connectivity index (χ2n) is 7.38. The van der Waals surface area contributed by atoms with E-state index in [-0.39, 0.29) is 0 Å². The molecule has 0 fully saturated rings. The van der Waals surface area contributed by atoms with Crippen LogP contribution < -0.4 is 0 Å². The van der Waals surface area contributed by atoms with Crippen molar-refractivity contribution in [1.82, 2.24) is 0 Å². The minimum atomic E-state index is 0.375. The summed E-state index contributed by atoms with van der Waals surface area (Å²) in [5.74, 6) is 0.571. The van der Waals surface area contributed by atoms with Crippen molar-refractivity contribution in [2.75, 3.05) is 0 Å². The number of hydrogen-bond donors (Lipinski definition) is 0. The molecule has 1 aliphatic carbocycles. The quantitative estimate of drug-likeness (QED) is 0.439. The molecule has 0 saturated heterocycles. The third-order valence-corrected chi connectivity index (χ3v) is 5.11. The fourth-order valence-electron chi connectivity index (χ4n) is 3.36. The van der Waals surface area contributed by atoms with Crippen LogP contribution in [-0.4, -0.2) is 0 Å². The van der Waals surface area contributed by atoms with Crippen molar-refractivity contribution >= 4 is 0 Å². The van der Waals surface area contributed by atoms with Crippen LogP contribution in [-0.2, 0) is 6.42 Å². The molecule has 0 radical (unpaired) electrons. The monoisotopic (exact) mass is 294 g/mol. The Balaban J connectivity index is 2.13. The van der Waals surface area contributed by atoms with Crippen LogP contribution in [0.3, 0.4) is 0 Å². The van der Waals surface area contributed by atoms with Gasteiger partial charge in [-0.3, -0.25) is 0 Å². The van der Waals surface area contributed by atoms with Crippen LogP contribution in [0.2, 0.25) is 0 Å². The predicted octanol–water partition coefficient (Wildman–Crippen LogP) is 6.50. The fraction of sp³-hybridized carbons (Fsp3) is 0.455. The summed E-state index contributed by atoms with van der Waals surface area (Å²) in [4.78, 5) is 0. The minimum absolute atomic E-state index is 0.375. The van der Waals surface area contributed by atoms with Crippen LogP contribution in [0.4, 0.5) is 0 Å². The van der Waals surface area contributed by atoms with Crippen molar-refractivity contribution in [3.63, 3.8) is 0 Å². The lowest BCUT2D eigenvalue weighted by molar-refractivity contribution is 0.255. The van der Waals surface area contributed by atoms with Gasteiger partial charge in [0, 0.05) is 5.92 Å². The van der Waals surface area contributed by atoms with Gasteiger partial charge in [0.05, 0.1) is 0 Å². The smallest absolute Gasteiger partial charge is 0.00311 e. The molecule has 0 saturated carbocycles. The first-order chi connectivity index (χ1) is 10.4. The van der Waals surface area contributed by atoms with E-state index in [0.717, 1.165) is 6.42 Å². The highest BCUT2D eigenvalue weighted by molar-refractivity contribution is 5.33. The van der Waals surface area contributed by atoms with Crippen molar-refractivity contribution < 1.29 is 0 Å². The SMILES string of the molecule is CC(=CCc1ccccc1)C(C)=CC1C(C)=CCCC1(C)C. The molecule has 22 heavy (non-hydrogen) atoms. The summed E-state index contributed by atoms with van der Waals surface area (Å²) >= 11 is 0. The van der Waals surface area contributed by atoms with Gasteiger partial charge in [0.1, 0.15) is 0 Å². The van der Waals surface area contributed by atoms with Crippen molar-refractivity contribution in [1.29, 1.82) is 0 Å². The number of benzene rings is 1. The Morgan fingerprint density at radius 2 is 1.82 bits per heavy atom. The predicted molar refractivity (Wildman–Crippen MR) is 97.9 cm³/mol. The third kappa shape index (κ3) is 4.22. The van der Waals surface area contributed by atoms with Crippen molar-refractivity contribution in [3.8, 4) is 0 Å². The standard InChI is InChI=1S/C22H30/c1-17(13-14-20-11-7-6-8-12-20)19(3)16-21-18(2)10-9-15-22(21,4)5/h6-8,10-13,16,21H,9,14-15H2,1-5H3. The Bertz CT molecular complexity index is 582. The molecule has 0 heterocycles. The molecule has 1 atom stereocenters. The van der Waals surface area contributed by atoms with E-state index in [4.69, 9.17) is 0 Å². The van der Waals surface area contributed by atoms with Crippen LogP contribution in [0.1, 0.15) is 53.0 Å². The Kier molecular flexibility index (Phi) is 5.45.